The fourth-order valence-electron chi connectivity index (χ4n) is 6.23. The average molecular weight is 924 g/mol. The molecule has 0 aliphatic heterocycles. The first-order chi connectivity index (χ1) is 32.0. The fourth-order valence-corrected chi connectivity index (χ4v) is 6.23. The summed E-state index contributed by atoms with van der Waals surface area (Å²) in [6.45, 7) is 0.359. The van der Waals surface area contributed by atoms with Crippen molar-refractivity contribution in [3.8, 4) is 0 Å². The summed E-state index contributed by atoms with van der Waals surface area (Å²) >= 11 is 0. The van der Waals surface area contributed by atoms with E-state index < -0.39 is 60.2 Å². The van der Waals surface area contributed by atoms with Gasteiger partial charge in [0.1, 0.15) is 18.6 Å². The van der Waals surface area contributed by atoms with Gasteiger partial charge in [-0.15, -0.1) is 0 Å². The van der Waals surface area contributed by atoms with E-state index in [0.29, 0.717) is 36.0 Å². The summed E-state index contributed by atoms with van der Waals surface area (Å²) in [7, 11) is 0. The number of carboxylic acids is 1. The van der Waals surface area contributed by atoms with Crippen LogP contribution in [0.4, 0.5) is 11.4 Å². The van der Waals surface area contributed by atoms with Crippen LogP contribution in [0.3, 0.4) is 0 Å². The second kappa shape index (κ2) is 28.5. The first kappa shape index (κ1) is 53.1. The number of amides is 5. The van der Waals surface area contributed by atoms with Gasteiger partial charge in [0.2, 0.25) is 23.6 Å². The Labute approximate surface area is 388 Å². The quantitative estimate of drug-likeness (QED) is 0.0154. The smallest absolute Gasteiger partial charge is 0.326 e. The Bertz CT molecular complexity index is 2290. The van der Waals surface area contributed by atoms with Crippen LogP contribution >= 0.6 is 0 Å². The molecule has 0 unspecified atom stereocenters. The zero-order valence-electron chi connectivity index (χ0n) is 37.1. The minimum atomic E-state index is -1.19. The largest absolute Gasteiger partial charge is 0.480 e. The number of allylic oxidation sites excluding steroid dienone is 2. The van der Waals surface area contributed by atoms with Crippen molar-refractivity contribution in [3.63, 3.8) is 0 Å². The van der Waals surface area contributed by atoms with Gasteiger partial charge in [-0.3, -0.25) is 43.8 Å². The van der Waals surface area contributed by atoms with E-state index in [4.69, 9.17) is 40.1 Å². The van der Waals surface area contributed by atoms with Crippen molar-refractivity contribution >= 4 is 70.8 Å². The van der Waals surface area contributed by atoms with Gasteiger partial charge in [0.15, 0.2) is 17.9 Å². The van der Waals surface area contributed by atoms with Crippen LogP contribution in [0.5, 0.6) is 0 Å². The second-order valence-electron chi connectivity index (χ2n) is 14.9. The Morgan fingerprint density at radius 1 is 0.672 bits per heavy atom. The van der Waals surface area contributed by atoms with E-state index in [1.165, 1.54) is 23.1 Å². The van der Waals surface area contributed by atoms with Crippen molar-refractivity contribution in [2.45, 2.75) is 63.2 Å². The van der Waals surface area contributed by atoms with Crippen LogP contribution in [0.2, 0.25) is 0 Å². The number of rotatable bonds is 27. The van der Waals surface area contributed by atoms with Crippen LogP contribution in [0, 0.1) is 0 Å². The topological polar surface area (TPSA) is 393 Å². The van der Waals surface area contributed by atoms with E-state index in [-0.39, 0.29) is 74.7 Å². The molecule has 67 heavy (non-hydrogen) atoms. The summed E-state index contributed by atoms with van der Waals surface area (Å²) in [6, 6.07) is 18.8. The van der Waals surface area contributed by atoms with E-state index in [9.17, 15) is 33.9 Å². The Balaban J connectivity index is 1.75. The number of hydrogen-bond acceptors (Lipinski definition) is 10. The third-order valence-electron chi connectivity index (χ3n) is 9.60. The lowest BCUT2D eigenvalue weighted by Crippen LogP contribution is -2.50. The first-order valence-electron chi connectivity index (χ1n) is 21.3. The molecule has 0 saturated heterocycles. The summed E-state index contributed by atoms with van der Waals surface area (Å²) in [5, 5.41) is 20.3. The summed E-state index contributed by atoms with van der Waals surface area (Å²) in [4.78, 5) is 91.4. The van der Waals surface area contributed by atoms with Gasteiger partial charge in [0, 0.05) is 49.2 Å². The van der Waals surface area contributed by atoms with Gasteiger partial charge in [0.25, 0.3) is 5.91 Å². The van der Waals surface area contributed by atoms with Gasteiger partial charge in [-0.2, -0.15) is 0 Å². The van der Waals surface area contributed by atoms with Crippen LogP contribution in [0.1, 0.15) is 60.0 Å². The predicted molar refractivity (Wildman–Crippen MR) is 259 cm³/mol. The Morgan fingerprint density at radius 3 is 1.90 bits per heavy atom. The molecule has 22 nitrogen and oxygen atoms in total. The highest BCUT2D eigenvalue weighted by Crippen LogP contribution is 2.23. The SMILES string of the molecule is NC(N)=NCCC[C@@H](N)C(=O)N[C@@H](CCCN=C(N)N)C(=O)Nc1cccc(N(CC(=O)NCc2ccccc2/C=C/C=C/C(=O)N[C@@H](CCCN=C(N)N)C(=O)O)C(=O)c2ccccc2)c1. The van der Waals surface area contributed by atoms with Crippen LogP contribution in [-0.2, 0) is 30.5 Å². The number of benzene rings is 3. The van der Waals surface area contributed by atoms with E-state index >= 15 is 0 Å². The highest BCUT2D eigenvalue weighted by atomic mass is 16.4. The molecule has 0 saturated carbocycles. The lowest BCUT2D eigenvalue weighted by molar-refractivity contribution is -0.141. The molecule has 0 aliphatic rings. The Morgan fingerprint density at radius 2 is 1.27 bits per heavy atom. The van der Waals surface area contributed by atoms with Crippen molar-refractivity contribution in [1.29, 1.82) is 0 Å². The fraction of sp³-hybridized carbons (Fsp3) is 0.311. The molecule has 0 radical (unpaired) electrons. The zero-order chi connectivity index (χ0) is 49.1. The maximum atomic E-state index is 14.0. The van der Waals surface area contributed by atoms with E-state index in [0.717, 1.165) is 0 Å². The minimum Gasteiger partial charge on any atom is -0.480 e. The molecule has 0 aromatic heterocycles. The van der Waals surface area contributed by atoms with Gasteiger partial charge in [-0.1, -0.05) is 66.8 Å². The molecular weight excluding hydrogens is 863 g/mol. The summed E-state index contributed by atoms with van der Waals surface area (Å²) < 4.78 is 0. The van der Waals surface area contributed by atoms with E-state index in [1.807, 2.05) is 0 Å². The molecule has 0 fully saturated rings. The maximum Gasteiger partial charge on any atom is 0.326 e. The highest BCUT2D eigenvalue weighted by molar-refractivity contribution is 6.09. The third-order valence-corrected chi connectivity index (χ3v) is 9.60. The number of nitrogens with one attached hydrogen (secondary N) is 4. The van der Waals surface area contributed by atoms with Crippen LogP contribution < -0.4 is 66.3 Å². The molecule has 3 atom stereocenters. The van der Waals surface area contributed by atoms with Gasteiger partial charge in [-0.25, -0.2) is 4.79 Å². The summed E-state index contributed by atoms with van der Waals surface area (Å²) in [5.41, 5.74) is 40.6. The molecule has 0 aliphatic carbocycles. The number of nitrogens with zero attached hydrogens (tertiary/aromatic N) is 4. The number of hydrogen-bond donors (Lipinski definition) is 12. The first-order valence-corrected chi connectivity index (χ1v) is 21.3. The molecule has 0 spiro atoms. The molecule has 3 rings (SSSR count). The predicted octanol–water partition coefficient (Wildman–Crippen LogP) is -0.300. The number of carbonyl (C=O) groups excluding carboxylic acids is 5. The number of anilines is 2. The van der Waals surface area contributed by atoms with Gasteiger partial charge in [0.05, 0.1) is 6.04 Å². The monoisotopic (exact) mass is 923 g/mol. The van der Waals surface area contributed by atoms with Crippen LogP contribution in [0.25, 0.3) is 6.08 Å². The standard InChI is InChI=1S/C45H61N15O7/c46-34(19-9-23-53-43(47)48)39(63)59-35(20-10-24-54-44(49)50)40(64)57-32-17-8-18-33(26-32)60(41(65)30-14-2-1-3-15-30)28-38(62)56-27-31-16-5-4-12-29(31)13-6-7-22-37(61)58-36(42(66)67)21-11-25-55-45(51)52/h1-8,12-18,22,26,34-36H,9-11,19-21,23-25,27-28,46H2,(H,56,62)(H,57,64)(H,58,61)(H,59,63)(H,66,67)(H4,47,48,53)(H4,49,50,54)(H4,51,52,55)/b13-6+,22-7+/t34-,35+,36+/m1/s1. The van der Waals surface area contributed by atoms with Crippen molar-refractivity contribution in [1.82, 2.24) is 16.0 Å². The molecule has 22 heteroatoms. The Hall–Kier alpha value is -8.27. The van der Waals surface area contributed by atoms with Gasteiger partial charge < -0.3 is 66.5 Å². The molecule has 5 amide bonds. The summed E-state index contributed by atoms with van der Waals surface area (Å²) in [6.07, 6.45) is 7.59. The third kappa shape index (κ3) is 20.4. The van der Waals surface area contributed by atoms with Crippen LogP contribution in [-0.4, -0.2) is 103 Å². The van der Waals surface area contributed by atoms with Crippen molar-refractivity contribution < 1.29 is 33.9 Å². The molecule has 3 aromatic rings. The second-order valence-corrected chi connectivity index (χ2v) is 14.9. The summed E-state index contributed by atoms with van der Waals surface area (Å²) in [5.74, 6) is -4.25. The van der Waals surface area contributed by atoms with Crippen molar-refractivity contribution in [2.75, 3.05) is 36.4 Å². The van der Waals surface area contributed by atoms with Crippen molar-refractivity contribution in [2.24, 2.45) is 55.1 Å². The highest BCUT2D eigenvalue weighted by Gasteiger charge is 2.25. The Kier molecular flexibility index (Phi) is 22.6. The number of guanidine groups is 3. The van der Waals surface area contributed by atoms with E-state index in [2.05, 4.69) is 36.2 Å². The molecule has 3 aromatic carbocycles. The van der Waals surface area contributed by atoms with E-state index in [1.54, 1.807) is 84.9 Å². The zero-order valence-corrected chi connectivity index (χ0v) is 37.1. The lowest BCUT2D eigenvalue weighted by atomic mass is 10.1. The maximum absolute atomic E-state index is 14.0. The molecular formula is C45H61N15O7. The number of nitrogens with two attached hydrogens (primary N) is 7. The van der Waals surface area contributed by atoms with Crippen molar-refractivity contribution in [3.05, 3.63) is 114 Å². The molecule has 19 N–H and O–H groups in total. The minimum absolute atomic E-state index is 0.0728. The molecule has 358 valence electrons. The number of carboxylic acid groups (broad SMARTS) is 1. The van der Waals surface area contributed by atoms with Crippen LogP contribution in [0.15, 0.2) is 112 Å². The lowest BCUT2D eigenvalue weighted by Gasteiger charge is -2.24. The van der Waals surface area contributed by atoms with Gasteiger partial charge >= 0.3 is 5.97 Å². The number of aliphatic carboxylic acids is 1. The molecule has 0 heterocycles. The number of aliphatic imine (C=N–C) groups is 3. The normalized spacial score (nSPS) is 12.2. The average Bonchev–Trinajstić information content (AvgIpc) is 3.29. The van der Waals surface area contributed by atoms with Gasteiger partial charge in [-0.05, 0) is 80.0 Å². The molecule has 0 bridgehead atoms. The number of carbonyl (C=O) groups is 6.